The van der Waals surface area contributed by atoms with Crippen LogP contribution in [0.3, 0.4) is 0 Å². The minimum absolute atomic E-state index is 0.606. The number of H-pyrrole nitrogens is 1. The van der Waals surface area contributed by atoms with E-state index in [1.54, 1.807) is 0 Å². The van der Waals surface area contributed by atoms with Crippen molar-refractivity contribution in [1.82, 2.24) is 15.3 Å². The van der Waals surface area contributed by atoms with E-state index >= 15 is 0 Å². The molecule has 0 spiro atoms. The standard InChI is InChI=1S/C14H21N3S/c18-14-11-9-15-8-7-12(11)16-13(17-14)10-5-3-1-2-4-6-10/h10,15H,1-9H2,(H,16,17,18). The van der Waals surface area contributed by atoms with E-state index in [1.807, 2.05) is 0 Å². The van der Waals surface area contributed by atoms with Crippen molar-refractivity contribution in [2.45, 2.75) is 57.4 Å². The van der Waals surface area contributed by atoms with Crippen LogP contribution < -0.4 is 5.32 Å². The Morgan fingerprint density at radius 1 is 1.11 bits per heavy atom. The van der Waals surface area contributed by atoms with E-state index in [9.17, 15) is 0 Å². The number of aromatic amines is 1. The molecule has 0 atom stereocenters. The number of nitrogens with zero attached hydrogens (tertiary/aromatic N) is 1. The summed E-state index contributed by atoms with van der Waals surface area (Å²) in [4.78, 5) is 8.26. The molecule has 3 nitrogen and oxygen atoms in total. The molecule has 1 aliphatic carbocycles. The zero-order valence-electron chi connectivity index (χ0n) is 10.8. The predicted molar refractivity (Wildman–Crippen MR) is 75.3 cm³/mol. The molecule has 0 amide bonds. The molecule has 2 N–H and O–H groups in total. The van der Waals surface area contributed by atoms with Crippen molar-refractivity contribution in [1.29, 1.82) is 0 Å². The van der Waals surface area contributed by atoms with Gasteiger partial charge in [0.2, 0.25) is 0 Å². The Hall–Kier alpha value is -0.740. The van der Waals surface area contributed by atoms with E-state index < -0.39 is 0 Å². The molecule has 1 saturated carbocycles. The van der Waals surface area contributed by atoms with E-state index in [4.69, 9.17) is 12.2 Å². The van der Waals surface area contributed by atoms with Crippen LogP contribution in [0, 0.1) is 4.64 Å². The smallest absolute Gasteiger partial charge is 0.134 e. The zero-order valence-corrected chi connectivity index (χ0v) is 11.6. The van der Waals surface area contributed by atoms with Gasteiger partial charge in [-0.05, 0) is 12.8 Å². The number of hydrogen-bond acceptors (Lipinski definition) is 3. The molecule has 18 heavy (non-hydrogen) atoms. The second-order valence-corrected chi connectivity index (χ2v) is 5.89. The van der Waals surface area contributed by atoms with Crippen LogP contribution in [-0.4, -0.2) is 16.5 Å². The summed E-state index contributed by atoms with van der Waals surface area (Å²) in [6.07, 6.45) is 9.04. The van der Waals surface area contributed by atoms with Gasteiger partial charge in [-0.1, -0.05) is 37.9 Å². The third-order valence-corrected chi connectivity index (χ3v) is 4.56. The highest BCUT2D eigenvalue weighted by Gasteiger charge is 2.19. The molecule has 2 heterocycles. The molecule has 1 aliphatic heterocycles. The lowest BCUT2D eigenvalue weighted by Crippen LogP contribution is -2.26. The van der Waals surface area contributed by atoms with Crippen LogP contribution in [0.5, 0.6) is 0 Å². The van der Waals surface area contributed by atoms with Crippen LogP contribution >= 0.6 is 12.2 Å². The van der Waals surface area contributed by atoms with Gasteiger partial charge >= 0.3 is 0 Å². The Kier molecular flexibility index (Phi) is 3.75. The van der Waals surface area contributed by atoms with E-state index in [1.165, 1.54) is 49.8 Å². The molecule has 0 saturated heterocycles. The fraction of sp³-hybridized carbons (Fsp3) is 0.714. The molecular formula is C14H21N3S. The highest BCUT2D eigenvalue weighted by Crippen LogP contribution is 2.30. The number of aromatic nitrogens is 2. The van der Waals surface area contributed by atoms with Gasteiger partial charge in [-0.2, -0.15) is 0 Å². The summed E-state index contributed by atoms with van der Waals surface area (Å²) in [6.45, 7) is 1.93. The summed E-state index contributed by atoms with van der Waals surface area (Å²) in [7, 11) is 0. The summed E-state index contributed by atoms with van der Waals surface area (Å²) in [5.74, 6) is 1.76. The summed E-state index contributed by atoms with van der Waals surface area (Å²) in [5.41, 5.74) is 2.54. The SMILES string of the molecule is S=c1nc(C2CCCCCC2)[nH]c2c1CNCC2. The highest BCUT2D eigenvalue weighted by atomic mass is 32.1. The Balaban J connectivity index is 1.92. The molecule has 0 unspecified atom stereocenters. The maximum Gasteiger partial charge on any atom is 0.134 e. The molecule has 1 fully saturated rings. The molecule has 1 aromatic rings. The molecule has 1 aromatic heterocycles. The lowest BCUT2D eigenvalue weighted by atomic mass is 9.98. The van der Waals surface area contributed by atoms with E-state index in [0.29, 0.717) is 5.92 Å². The molecule has 0 bridgehead atoms. The molecule has 0 radical (unpaired) electrons. The Morgan fingerprint density at radius 2 is 1.89 bits per heavy atom. The first kappa shape index (κ1) is 12.3. The van der Waals surface area contributed by atoms with E-state index in [-0.39, 0.29) is 0 Å². The second kappa shape index (κ2) is 5.49. The quantitative estimate of drug-likeness (QED) is 0.604. The summed E-state index contributed by atoms with van der Waals surface area (Å²) >= 11 is 5.46. The van der Waals surface area contributed by atoms with Crippen LogP contribution in [0.1, 0.15) is 61.5 Å². The Morgan fingerprint density at radius 3 is 2.67 bits per heavy atom. The minimum atomic E-state index is 0.606. The second-order valence-electron chi connectivity index (χ2n) is 5.50. The van der Waals surface area contributed by atoms with Crippen molar-refractivity contribution in [3.05, 3.63) is 21.7 Å². The number of fused-ring (bicyclic) bond motifs is 1. The van der Waals surface area contributed by atoms with Gasteiger partial charge < -0.3 is 10.3 Å². The van der Waals surface area contributed by atoms with Gasteiger partial charge in [-0.25, -0.2) is 4.98 Å². The normalized spacial score (nSPS) is 21.3. The summed E-state index contributed by atoms with van der Waals surface area (Å²) in [6, 6.07) is 0. The zero-order chi connectivity index (χ0) is 12.4. The Bertz CT molecular complexity index is 472. The number of rotatable bonds is 1. The molecule has 4 heteroatoms. The van der Waals surface area contributed by atoms with Crippen LogP contribution in [-0.2, 0) is 13.0 Å². The predicted octanol–water partition coefficient (Wildman–Crippen LogP) is 3.22. The Labute approximate surface area is 113 Å². The maximum absolute atomic E-state index is 5.46. The topological polar surface area (TPSA) is 40.7 Å². The van der Waals surface area contributed by atoms with E-state index in [0.717, 1.165) is 30.0 Å². The lowest BCUT2D eigenvalue weighted by Gasteiger charge is -2.20. The maximum atomic E-state index is 5.46. The molecule has 0 aromatic carbocycles. The van der Waals surface area contributed by atoms with Gasteiger partial charge in [0.1, 0.15) is 10.5 Å². The largest absolute Gasteiger partial charge is 0.347 e. The number of hydrogen-bond donors (Lipinski definition) is 2. The van der Waals surface area contributed by atoms with Crippen molar-refractivity contribution < 1.29 is 0 Å². The van der Waals surface area contributed by atoms with Crippen molar-refractivity contribution in [3.8, 4) is 0 Å². The van der Waals surface area contributed by atoms with Crippen LogP contribution in [0.15, 0.2) is 0 Å². The lowest BCUT2D eigenvalue weighted by molar-refractivity contribution is 0.544. The van der Waals surface area contributed by atoms with Gasteiger partial charge in [0, 0.05) is 36.7 Å². The van der Waals surface area contributed by atoms with Crippen molar-refractivity contribution >= 4 is 12.2 Å². The summed E-state index contributed by atoms with van der Waals surface area (Å²) < 4.78 is 0.815. The first-order chi connectivity index (χ1) is 8.84. The molecular weight excluding hydrogens is 242 g/mol. The highest BCUT2D eigenvalue weighted by molar-refractivity contribution is 7.71. The van der Waals surface area contributed by atoms with Crippen molar-refractivity contribution in [2.24, 2.45) is 0 Å². The van der Waals surface area contributed by atoms with Crippen LogP contribution in [0.4, 0.5) is 0 Å². The third-order valence-electron chi connectivity index (χ3n) is 4.22. The van der Waals surface area contributed by atoms with Gasteiger partial charge in [0.05, 0.1) is 0 Å². The minimum Gasteiger partial charge on any atom is -0.347 e. The van der Waals surface area contributed by atoms with Gasteiger partial charge in [0.15, 0.2) is 0 Å². The van der Waals surface area contributed by atoms with Crippen molar-refractivity contribution in [2.75, 3.05) is 6.54 Å². The van der Waals surface area contributed by atoms with Gasteiger partial charge in [-0.15, -0.1) is 0 Å². The first-order valence-corrected chi connectivity index (χ1v) is 7.58. The van der Waals surface area contributed by atoms with Crippen molar-refractivity contribution in [3.63, 3.8) is 0 Å². The molecule has 3 rings (SSSR count). The fourth-order valence-corrected chi connectivity index (χ4v) is 3.43. The van der Waals surface area contributed by atoms with Crippen LogP contribution in [0.2, 0.25) is 0 Å². The fourth-order valence-electron chi connectivity index (χ4n) is 3.13. The van der Waals surface area contributed by atoms with E-state index in [2.05, 4.69) is 15.3 Å². The monoisotopic (exact) mass is 263 g/mol. The average molecular weight is 263 g/mol. The average Bonchev–Trinajstić information content (AvgIpc) is 2.67. The van der Waals surface area contributed by atoms with Gasteiger partial charge in [-0.3, -0.25) is 0 Å². The first-order valence-electron chi connectivity index (χ1n) is 7.17. The van der Waals surface area contributed by atoms with Crippen LogP contribution in [0.25, 0.3) is 0 Å². The molecule has 2 aliphatic rings. The molecule has 98 valence electrons. The van der Waals surface area contributed by atoms with Gasteiger partial charge in [0.25, 0.3) is 0 Å². The number of nitrogens with one attached hydrogen (secondary N) is 2. The third kappa shape index (κ3) is 2.50. The summed E-state index contributed by atoms with van der Waals surface area (Å²) in [5, 5.41) is 3.36.